The van der Waals surface area contributed by atoms with Crippen molar-refractivity contribution in [2.75, 3.05) is 13.2 Å². The number of aromatic nitrogens is 4. The highest BCUT2D eigenvalue weighted by Crippen LogP contribution is 2.33. The highest BCUT2D eigenvalue weighted by atomic mass is 19.4. The number of halogens is 3. The maximum absolute atomic E-state index is 12.9. The topological polar surface area (TPSA) is 55.7 Å². The molecule has 0 bridgehead atoms. The third kappa shape index (κ3) is 3.02. The van der Waals surface area contributed by atoms with Crippen LogP contribution in [0.1, 0.15) is 30.1 Å². The first-order valence-electron chi connectivity index (χ1n) is 8.10. The van der Waals surface area contributed by atoms with Gasteiger partial charge in [-0.3, -0.25) is 4.68 Å². The molecule has 132 valence electrons. The lowest BCUT2D eigenvalue weighted by Crippen LogP contribution is -2.14. The highest BCUT2D eigenvalue weighted by Gasteiger charge is 2.34. The predicted molar refractivity (Wildman–Crippen MR) is 86.1 cm³/mol. The third-order valence-electron chi connectivity index (χ3n) is 4.62. The molecule has 0 atom stereocenters. The summed E-state index contributed by atoms with van der Waals surface area (Å²) in [6.07, 6.45) is -0.978. The summed E-state index contributed by atoms with van der Waals surface area (Å²) in [5, 5.41) is 4.44. The van der Waals surface area contributed by atoms with Crippen molar-refractivity contribution in [3.8, 4) is 11.3 Å². The highest BCUT2D eigenvalue weighted by molar-refractivity contribution is 5.81. The molecule has 8 heteroatoms. The van der Waals surface area contributed by atoms with Crippen LogP contribution in [0.2, 0.25) is 0 Å². The molecule has 1 aliphatic heterocycles. The van der Waals surface area contributed by atoms with Crippen molar-refractivity contribution in [2.24, 2.45) is 7.05 Å². The molecular weight excluding hydrogens is 333 g/mol. The molecule has 0 saturated carbocycles. The SMILES string of the molecule is Cn1nc(C(F)(F)F)cc1-c1cnc2[nH]c(C3CCOCC3)cc2c1. The average molecular weight is 350 g/mol. The number of H-pyrrole nitrogens is 1. The maximum Gasteiger partial charge on any atom is 0.435 e. The van der Waals surface area contributed by atoms with E-state index in [2.05, 4.69) is 15.1 Å². The fourth-order valence-electron chi connectivity index (χ4n) is 3.28. The van der Waals surface area contributed by atoms with E-state index >= 15 is 0 Å². The number of hydrogen-bond donors (Lipinski definition) is 1. The lowest BCUT2D eigenvalue weighted by Gasteiger charge is -2.20. The van der Waals surface area contributed by atoms with Crippen molar-refractivity contribution >= 4 is 11.0 Å². The van der Waals surface area contributed by atoms with E-state index in [0.717, 1.165) is 48.8 Å². The first kappa shape index (κ1) is 16.1. The van der Waals surface area contributed by atoms with Gasteiger partial charge in [-0.05, 0) is 31.0 Å². The van der Waals surface area contributed by atoms with Crippen molar-refractivity contribution in [2.45, 2.75) is 24.9 Å². The number of rotatable bonds is 2. The summed E-state index contributed by atoms with van der Waals surface area (Å²) in [6.45, 7) is 1.49. The lowest BCUT2D eigenvalue weighted by molar-refractivity contribution is -0.141. The Morgan fingerprint density at radius 3 is 2.64 bits per heavy atom. The molecule has 0 unspecified atom stereocenters. The molecule has 0 radical (unpaired) electrons. The minimum atomic E-state index is -4.46. The van der Waals surface area contributed by atoms with Gasteiger partial charge in [-0.1, -0.05) is 0 Å². The number of aryl methyl sites for hydroxylation is 1. The fourth-order valence-corrected chi connectivity index (χ4v) is 3.28. The molecule has 5 nitrogen and oxygen atoms in total. The van der Waals surface area contributed by atoms with Crippen molar-refractivity contribution < 1.29 is 17.9 Å². The number of nitrogens with zero attached hydrogens (tertiary/aromatic N) is 3. The molecule has 4 rings (SSSR count). The summed E-state index contributed by atoms with van der Waals surface area (Å²) in [6, 6.07) is 4.93. The minimum Gasteiger partial charge on any atom is -0.381 e. The van der Waals surface area contributed by atoms with E-state index in [1.54, 1.807) is 6.20 Å². The van der Waals surface area contributed by atoms with Gasteiger partial charge in [-0.25, -0.2) is 4.98 Å². The van der Waals surface area contributed by atoms with Crippen molar-refractivity contribution in [1.82, 2.24) is 19.7 Å². The molecular formula is C17H17F3N4O. The molecule has 3 aromatic rings. The zero-order valence-electron chi connectivity index (χ0n) is 13.6. The van der Waals surface area contributed by atoms with Crippen LogP contribution in [0.25, 0.3) is 22.3 Å². The molecule has 0 spiro atoms. The molecule has 1 fully saturated rings. The molecule has 0 amide bonds. The molecule has 3 aromatic heterocycles. The summed E-state index contributed by atoms with van der Waals surface area (Å²) in [5.41, 5.74) is 1.93. The Morgan fingerprint density at radius 1 is 1.20 bits per heavy atom. The van der Waals surface area contributed by atoms with Crippen molar-refractivity contribution in [3.05, 3.63) is 35.8 Å². The Bertz CT molecular complexity index is 906. The second-order valence-corrected chi connectivity index (χ2v) is 6.31. The molecule has 25 heavy (non-hydrogen) atoms. The van der Waals surface area contributed by atoms with Crippen LogP contribution >= 0.6 is 0 Å². The van der Waals surface area contributed by atoms with E-state index in [0.29, 0.717) is 17.2 Å². The number of pyridine rings is 1. The molecule has 1 saturated heterocycles. The van der Waals surface area contributed by atoms with Gasteiger partial charge in [0.15, 0.2) is 5.69 Å². The van der Waals surface area contributed by atoms with Gasteiger partial charge in [0, 0.05) is 49.0 Å². The van der Waals surface area contributed by atoms with E-state index in [1.165, 1.54) is 11.7 Å². The smallest absolute Gasteiger partial charge is 0.381 e. The molecule has 1 aliphatic rings. The first-order valence-corrected chi connectivity index (χ1v) is 8.10. The van der Waals surface area contributed by atoms with Gasteiger partial charge in [0.25, 0.3) is 0 Å². The third-order valence-corrected chi connectivity index (χ3v) is 4.62. The number of aromatic amines is 1. The first-order chi connectivity index (χ1) is 11.9. The van der Waals surface area contributed by atoms with E-state index in [1.807, 2.05) is 12.1 Å². The van der Waals surface area contributed by atoms with Crippen LogP contribution in [0, 0.1) is 0 Å². The van der Waals surface area contributed by atoms with Crippen LogP contribution in [0.5, 0.6) is 0 Å². The molecule has 0 aromatic carbocycles. The Hall–Kier alpha value is -2.35. The summed E-state index contributed by atoms with van der Waals surface area (Å²) in [7, 11) is 1.50. The van der Waals surface area contributed by atoms with Gasteiger partial charge in [0.1, 0.15) is 5.65 Å². The Kier molecular flexibility index (Phi) is 3.79. The average Bonchev–Trinajstić information content (AvgIpc) is 3.18. The normalized spacial score (nSPS) is 16.6. The summed E-state index contributed by atoms with van der Waals surface area (Å²) < 4.78 is 45.2. The van der Waals surface area contributed by atoms with Gasteiger partial charge in [0.05, 0.1) is 5.69 Å². The fraction of sp³-hybridized carbons (Fsp3) is 0.412. The van der Waals surface area contributed by atoms with Crippen LogP contribution in [0.15, 0.2) is 24.4 Å². The van der Waals surface area contributed by atoms with E-state index < -0.39 is 11.9 Å². The van der Waals surface area contributed by atoms with Crippen LogP contribution in [-0.2, 0) is 18.0 Å². The Balaban J connectivity index is 1.70. The largest absolute Gasteiger partial charge is 0.435 e. The molecule has 4 heterocycles. The van der Waals surface area contributed by atoms with Crippen molar-refractivity contribution in [3.63, 3.8) is 0 Å². The zero-order chi connectivity index (χ0) is 17.6. The molecule has 0 aliphatic carbocycles. The maximum atomic E-state index is 12.9. The van der Waals surface area contributed by atoms with Gasteiger partial charge in [0.2, 0.25) is 0 Å². The Labute approximate surface area is 141 Å². The van der Waals surface area contributed by atoms with E-state index in [9.17, 15) is 13.2 Å². The summed E-state index contributed by atoms with van der Waals surface area (Å²) in [5.74, 6) is 0.403. The predicted octanol–water partition coefficient (Wildman–Crippen LogP) is 3.88. The van der Waals surface area contributed by atoms with Crippen LogP contribution in [0.4, 0.5) is 13.2 Å². The van der Waals surface area contributed by atoms with Gasteiger partial charge >= 0.3 is 6.18 Å². The monoisotopic (exact) mass is 350 g/mol. The minimum absolute atomic E-state index is 0.385. The van der Waals surface area contributed by atoms with Gasteiger partial charge < -0.3 is 9.72 Å². The Morgan fingerprint density at radius 2 is 1.96 bits per heavy atom. The second kappa shape index (κ2) is 5.87. The summed E-state index contributed by atoms with van der Waals surface area (Å²) >= 11 is 0. The van der Waals surface area contributed by atoms with E-state index in [4.69, 9.17) is 4.74 Å². The van der Waals surface area contributed by atoms with Crippen LogP contribution in [0.3, 0.4) is 0 Å². The van der Waals surface area contributed by atoms with Crippen LogP contribution in [-0.4, -0.2) is 33.0 Å². The van der Waals surface area contributed by atoms with Gasteiger partial charge in [-0.2, -0.15) is 18.3 Å². The second-order valence-electron chi connectivity index (χ2n) is 6.31. The number of fused-ring (bicyclic) bond motifs is 1. The lowest BCUT2D eigenvalue weighted by atomic mass is 9.97. The van der Waals surface area contributed by atoms with E-state index in [-0.39, 0.29) is 0 Å². The summed E-state index contributed by atoms with van der Waals surface area (Å²) in [4.78, 5) is 7.70. The number of alkyl halides is 3. The standard InChI is InChI=1S/C17H17F3N4O/c1-24-14(8-15(23-24)17(18,19)20)12-6-11-7-13(22-16(11)21-9-12)10-2-4-25-5-3-10/h6-10H,2-5H2,1H3,(H,21,22). The number of hydrogen-bond acceptors (Lipinski definition) is 3. The van der Waals surface area contributed by atoms with Crippen LogP contribution < -0.4 is 0 Å². The quantitative estimate of drug-likeness (QED) is 0.763. The molecule has 1 N–H and O–H groups in total. The zero-order valence-corrected chi connectivity index (χ0v) is 13.6. The van der Waals surface area contributed by atoms with Crippen molar-refractivity contribution in [1.29, 1.82) is 0 Å². The van der Waals surface area contributed by atoms with Gasteiger partial charge in [-0.15, -0.1) is 0 Å². The number of nitrogens with one attached hydrogen (secondary N) is 1. The number of ether oxygens (including phenoxy) is 1.